The summed E-state index contributed by atoms with van der Waals surface area (Å²) in [6.07, 6.45) is -3.93. The lowest BCUT2D eigenvalue weighted by atomic mass is 10.1. The zero-order valence-corrected chi connectivity index (χ0v) is 15.5. The van der Waals surface area contributed by atoms with Crippen LogP contribution in [0, 0.1) is 5.92 Å². The summed E-state index contributed by atoms with van der Waals surface area (Å²) >= 11 is 0. The third-order valence-corrected chi connectivity index (χ3v) is 7.20. The number of fused-ring (bicyclic) bond motifs is 2. The molecule has 0 radical (unpaired) electrons. The van der Waals surface area contributed by atoms with Gasteiger partial charge in [0.05, 0.1) is 11.3 Å². The third-order valence-electron chi connectivity index (χ3n) is 5.38. The first-order valence-corrected chi connectivity index (χ1v) is 10.4. The number of alkyl halides is 3. The quantitative estimate of drug-likeness (QED) is 0.792. The summed E-state index contributed by atoms with van der Waals surface area (Å²) in [5.41, 5.74) is 0.231. The molecule has 0 N–H and O–H groups in total. The van der Waals surface area contributed by atoms with E-state index < -0.39 is 22.0 Å². The van der Waals surface area contributed by atoms with E-state index in [4.69, 9.17) is 0 Å². The lowest BCUT2D eigenvalue weighted by Crippen LogP contribution is -2.38. The fraction of sp³-hybridized carbons (Fsp3) is 0.529. The van der Waals surface area contributed by atoms with Gasteiger partial charge in [-0.25, -0.2) is 18.4 Å². The molecule has 0 aliphatic carbocycles. The minimum Gasteiger partial charge on any atom is -0.351 e. The van der Waals surface area contributed by atoms with E-state index in [1.165, 1.54) is 10.4 Å². The van der Waals surface area contributed by atoms with Crippen molar-refractivity contribution in [2.75, 3.05) is 30.3 Å². The van der Waals surface area contributed by atoms with E-state index >= 15 is 0 Å². The topological polar surface area (TPSA) is 66.4 Å². The molecule has 1 aromatic heterocycles. The molecule has 146 valence electrons. The predicted molar refractivity (Wildman–Crippen MR) is 94.8 cm³/mol. The van der Waals surface area contributed by atoms with Gasteiger partial charge >= 0.3 is 6.18 Å². The van der Waals surface area contributed by atoms with Gasteiger partial charge in [-0.1, -0.05) is 12.1 Å². The van der Waals surface area contributed by atoms with Gasteiger partial charge in [0.1, 0.15) is 5.82 Å². The van der Waals surface area contributed by atoms with Crippen LogP contribution in [-0.4, -0.2) is 54.1 Å². The summed E-state index contributed by atoms with van der Waals surface area (Å²) in [5, 5.41) is 0.544. The van der Waals surface area contributed by atoms with Crippen molar-refractivity contribution in [3.8, 4) is 0 Å². The standard InChI is InChI=1S/C17H19F3N4O2S/c1-2-27(25,26)23-9-11-7-8-24(14(11)10-23)15-12-5-3-4-6-13(12)21-16(22-15)17(18,19)20/h3-6,11,14H,2,7-10H2,1H3. The van der Waals surface area contributed by atoms with E-state index in [0.717, 1.165) is 6.42 Å². The van der Waals surface area contributed by atoms with Crippen molar-refractivity contribution in [2.24, 2.45) is 5.92 Å². The van der Waals surface area contributed by atoms with E-state index in [0.29, 0.717) is 18.5 Å². The molecule has 27 heavy (non-hydrogen) atoms. The van der Waals surface area contributed by atoms with Crippen LogP contribution in [0.4, 0.5) is 19.0 Å². The monoisotopic (exact) mass is 400 g/mol. The number of halogens is 3. The molecular weight excluding hydrogens is 381 g/mol. The van der Waals surface area contributed by atoms with Crippen molar-refractivity contribution in [3.05, 3.63) is 30.1 Å². The second kappa shape index (κ2) is 6.30. The number of hydrogen-bond donors (Lipinski definition) is 0. The Labute approximate surface area is 155 Å². The first-order valence-electron chi connectivity index (χ1n) is 8.79. The Balaban J connectivity index is 1.76. The normalized spacial score (nSPS) is 23.9. The van der Waals surface area contributed by atoms with Crippen molar-refractivity contribution < 1.29 is 21.6 Å². The second-order valence-corrected chi connectivity index (χ2v) is 9.17. The number of hydrogen-bond acceptors (Lipinski definition) is 5. The molecule has 3 heterocycles. The zero-order chi connectivity index (χ0) is 19.4. The second-order valence-electron chi connectivity index (χ2n) is 6.91. The lowest BCUT2D eigenvalue weighted by Gasteiger charge is -2.27. The number of nitrogens with zero attached hydrogens (tertiary/aromatic N) is 4. The number of para-hydroxylation sites is 1. The minimum absolute atomic E-state index is 0.0150. The summed E-state index contributed by atoms with van der Waals surface area (Å²) in [6.45, 7) is 2.83. The van der Waals surface area contributed by atoms with Crippen molar-refractivity contribution >= 4 is 26.7 Å². The highest BCUT2D eigenvalue weighted by Gasteiger charge is 2.46. The summed E-state index contributed by atoms with van der Waals surface area (Å²) in [4.78, 5) is 9.33. The third kappa shape index (κ3) is 3.14. The smallest absolute Gasteiger partial charge is 0.351 e. The van der Waals surface area contributed by atoms with Crippen LogP contribution < -0.4 is 4.90 Å². The fourth-order valence-corrected chi connectivity index (χ4v) is 5.16. The Morgan fingerprint density at radius 3 is 2.63 bits per heavy atom. The summed E-state index contributed by atoms with van der Waals surface area (Å²) in [5.74, 6) is -0.831. The van der Waals surface area contributed by atoms with Gasteiger partial charge in [-0.15, -0.1) is 0 Å². The largest absolute Gasteiger partial charge is 0.451 e. The molecule has 1 aromatic carbocycles. The highest BCUT2D eigenvalue weighted by molar-refractivity contribution is 7.89. The van der Waals surface area contributed by atoms with E-state index in [1.54, 1.807) is 25.1 Å². The Kier molecular flexibility index (Phi) is 4.30. The SMILES string of the molecule is CCS(=O)(=O)N1CC2CCN(c3nc(C(F)(F)F)nc4ccccc34)C2C1. The molecule has 4 rings (SSSR count). The molecule has 2 fully saturated rings. The molecule has 6 nitrogen and oxygen atoms in total. The average Bonchev–Trinajstić information content (AvgIpc) is 3.21. The van der Waals surface area contributed by atoms with Crippen LogP contribution in [0.2, 0.25) is 0 Å². The van der Waals surface area contributed by atoms with E-state index in [-0.39, 0.29) is 35.6 Å². The molecule has 0 bridgehead atoms. The predicted octanol–water partition coefficient (Wildman–Crippen LogP) is 2.51. The van der Waals surface area contributed by atoms with Crippen LogP contribution in [0.25, 0.3) is 10.9 Å². The van der Waals surface area contributed by atoms with E-state index in [1.807, 2.05) is 4.90 Å². The van der Waals surface area contributed by atoms with Crippen molar-refractivity contribution in [1.82, 2.24) is 14.3 Å². The van der Waals surface area contributed by atoms with Gasteiger partial charge in [-0.05, 0) is 31.4 Å². The highest BCUT2D eigenvalue weighted by Crippen LogP contribution is 2.39. The van der Waals surface area contributed by atoms with Gasteiger partial charge in [-0.2, -0.15) is 17.5 Å². The van der Waals surface area contributed by atoms with Crippen LogP contribution in [0.5, 0.6) is 0 Å². The van der Waals surface area contributed by atoms with Crippen LogP contribution in [0.1, 0.15) is 19.2 Å². The van der Waals surface area contributed by atoms with Gasteiger partial charge in [0, 0.05) is 31.1 Å². The molecule has 2 aliphatic heterocycles. The molecule has 0 amide bonds. The highest BCUT2D eigenvalue weighted by atomic mass is 32.2. The zero-order valence-electron chi connectivity index (χ0n) is 14.6. The van der Waals surface area contributed by atoms with E-state index in [9.17, 15) is 21.6 Å². The van der Waals surface area contributed by atoms with Gasteiger partial charge in [0.15, 0.2) is 0 Å². The maximum absolute atomic E-state index is 13.3. The number of aromatic nitrogens is 2. The number of sulfonamides is 1. The first kappa shape index (κ1) is 18.4. The maximum atomic E-state index is 13.3. The van der Waals surface area contributed by atoms with Crippen molar-refractivity contribution in [2.45, 2.75) is 25.6 Å². The lowest BCUT2D eigenvalue weighted by molar-refractivity contribution is -0.144. The van der Waals surface area contributed by atoms with Gasteiger partial charge in [0.2, 0.25) is 15.8 Å². The summed E-state index contributed by atoms with van der Waals surface area (Å²) in [6, 6.07) is 6.43. The molecule has 2 aliphatic rings. The average molecular weight is 400 g/mol. The number of benzene rings is 1. The van der Waals surface area contributed by atoms with Crippen LogP contribution in [-0.2, 0) is 16.2 Å². The molecule has 2 unspecified atom stereocenters. The first-order chi connectivity index (χ1) is 12.7. The summed E-state index contributed by atoms with van der Waals surface area (Å²) in [7, 11) is -3.33. The molecule has 10 heteroatoms. The molecular formula is C17H19F3N4O2S. The Morgan fingerprint density at radius 2 is 1.93 bits per heavy atom. The Hall–Kier alpha value is -1.94. The molecule has 0 spiro atoms. The van der Waals surface area contributed by atoms with Gasteiger partial charge in [0.25, 0.3) is 0 Å². The van der Waals surface area contributed by atoms with Crippen LogP contribution in [0.3, 0.4) is 0 Å². The number of rotatable bonds is 3. The fourth-order valence-electron chi connectivity index (χ4n) is 4.00. The Bertz CT molecular complexity index is 980. The number of anilines is 1. The van der Waals surface area contributed by atoms with Crippen LogP contribution in [0.15, 0.2) is 24.3 Å². The van der Waals surface area contributed by atoms with Gasteiger partial charge < -0.3 is 4.90 Å². The van der Waals surface area contributed by atoms with Crippen molar-refractivity contribution in [1.29, 1.82) is 0 Å². The molecule has 2 atom stereocenters. The minimum atomic E-state index is -4.65. The van der Waals surface area contributed by atoms with Gasteiger partial charge in [-0.3, -0.25) is 0 Å². The molecule has 0 saturated carbocycles. The maximum Gasteiger partial charge on any atom is 0.451 e. The summed E-state index contributed by atoms with van der Waals surface area (Å²) < 4.78 is 65.7. The van der Waals surface area contributed by atoms with E-state index in [2.05, 4.69) is 9.97 Å². The van der Waals surface area contributed by atoms with Crippen LogP contribution >= 0.6 is 0 Å². The molecule has 2 saturated heterocycles. The van der Waals surface area contributed by atoms with Crippen molar-refractivity contribution in [3.63, 3.8) is 0 Å². The Morgan fingerprint density at radius 1 is 1.19 bits per heavy atom. The molecule has 2 aromatic rings.